The summed E-state index contributed by atoms with van der Waals surface area (Å²) in [5.74, 6) is 5.80. The average Bonchev–Trinajstić information content (AvgIpc) is 3.02. The fourth-order valence-corrected chi connectivity index (χ4v) is 2.59. The molecule has 1 heterocycles. The monoisotopic (exact) mass is 343 g/mol. The minimum atomic E-state index is -0.374. The second-order valence-electron chi connectivity index (χ2n) is 5.55. The molecule has 3 rings (SSSR count). The van der Waals surface area contributed by atoms with Gasteiger partial charge in [-0.1, -0.05) is 24.1 Å². The molecular weight excluding hydrogens is 326 g/mol. The molecule has 0 unspecified atom stereocenters. The Morgan fingerprint density at radius 1 is 1.19 bits per heavy atom. The van der Waals surface area contributed by atoms with Gasteiger partial charge in [-0.05, 0) is 43.2 Å². The van der Waals surface area contributed by atoms with Crippen LogP contribution in [0, 0.1) is 23.2 Å². The summed E-state index contributed by atoms with van der Waals surface area (Å²) in [6, 6.07) is 17.0. The zero-order chi connectivity index (χ0) is 18.4. The Labute approximate surface area is 151 Å². The molecule has 0 aliphatic carbocycles. The van der Waals surface area contributed by atoms with Gasteiger partial charge in [-0.15, -0.1) is 0 Å². The zero-order valence-corrected chi connectivity index (χ0v) is 14.4. The molecule has 0 aliphatic heterocycles. The van der Waals surface area contributed by atoms with Crippen LogP contribution in [-0.4, -0.2) is 22.4 Å². The number of hydrogen-bond donors (Lipinski definition) is 0. The molecule has 128 valence electrons. The number of hydrogen-bond acceptors (Lipinski definition) is 4. The maximum absolute atomic E-state index is 12.0. The number of aromatic nitrogens is 2. The molecule has 0 saturated carbocycles. The van der Waals surface area contributed by atoms with E-state index < -0.39 is 0 Å². The van der Waals surface area contributed by atoms with E-state index in [0.29, 0.717) is 30.8 Å². The first-order chi connectivity index (χ1) is 12.7. The van der Waals surface area contributed by atoms with Crippen molar-refractivity contribution in [1.29, 1.82) is 5.26 Å². The van der Waals surface area contributed by atoms with Crippen molar-refractivity contribution in [3.05, 3.63) is 65.4 Å². The zero-order valence-electron chi connectivity index (χ0n) is 14.4. The van der Waals surface area contributed by atoms with Gasteiger partial charge in [0, 0.05) is 10.9 Å². The van der Waals surface area contributed by atoms with E-state index in [0.717, 1.165) is 16.5 Å². The van der Waals surface area contributed by atoms with E-state index >= 15 is 0 Å². The second-order valence-corrected chi connectivity index (χ2v) is 5.55. The van der Waals surface area contributed by atoms with Gasteiger partial charge >= 0.3 is 5.97 Å². The molecule has 0 saturated heterocycles. The molecule has 0 bridgehead atoms. The first-order valence-electron chi connectivity index (χ1n) is 8.34. The highest BCUT2D eigenvalue weighted by Crippen LogP contribution is 2.21. The third kappa shape index (κ3) is 3.74. The van der Waals surface area contributed by atoms with Crippen molar-refractivity contribution in [1.82, 2.24) is 9.78 Å². The Morgan fingerprint density at radius 2 is 2.00 bits per heavy atom. The summed E-state index contributed by atoms with van der Waals surface area (Å²) in [6.07, 6.45) is 0.349. The number of carbonyl (C=O) groups is 1. The fourth-order valence-electron chi connectivity index (χ4n) is 2.59. The number of fused-ring (bicyclic) bond motifs is 1. The summed E-state index contributed by atoms with van der Waals surface area (Å²) in [4.78, 5) is 12.0. The van der Waals surface area contributed by atoms with Gasteiger partial charge in [-0.2, -0.15) is 10.4 Å². The normalized spacial score (nSPS) is 10.0. The second kappa shape index (κ2) is 8.00. The van der Waals surface area contributed by atoms with Crippen molar-refractivity contribution in [2.75, 3.05) is 6.61 Å². The van der Waals surface area contributed by atoms with Gasteiger partial charge in [0.15, 0.2) is 0 Å². The van der Waals surface area contributed by atoms with E-state index in [1.165, 1.54) is 0 Å². The van der Waals surface area contributed by atoms with Crippen LogP contribution in [0.2, 0.25) is 0 Å². The largest absolute Gasteiger partial charge is 0.462 e. The predicted molar refractivity (Wildman–Crippen MR) is 98.3 cm³/mol. The van der Waals surface area contributed by atoms with Crippen molar-refractivity contribution in [3.8, 4) is 17.9 Å². The van der Waals surface area contributed by atoms with Crippen LogP contribution in [-0.2, 0) is 11.3 Å². The summed E-state index contributed by atoms with van der Waals surface area (Å²) in [5, 5.41) is 14.2. The third-order valence-electron chi connectivity index (χ3n) is 3.80. The molecule has 0 amide bonds. The molecule has 1 aromatic heterocycles. The van der Waals surface area contributed by atoms with Gasteiger partial charge in [-0.3, -0.25) is 4.68 Å². The van der Waals surface area contributed by atoms with Crippen molar-refractivity contribution >= 4 is 16.9 Å². The van der Waals surface area contributed by atoms with E-state index in [1.807, 2.05) is 36.4 Å². The van der Waals surface area contributed by atoms with Crippen LogP contribution in [0.4, 0.5) is 0 Å². The smallest absolute Gasteiger partial charge is 0.338 e. The number of benzene rings is 2. The number of rotatable bonds is 4. The Morgan fingerprint density at radius 3 is 2.73 bits per heavy atom. The summed E-state index contributed by atoms with van der Waals surface area (Å²) < 4.78 is 6.82. The van der Waals surface area contributed by atoms with Gasteiger partial charge in [-0.25, -0.2) is 4.79 Å². The first-order valence-corrected chi connectivity index (χ1v) is 8.34. The van der Waals surface area contributed by atoms with Gasteiger partial charge in [0.1, 0.15) is 5.69 Å². The Hall–Kier alpha value is -3.57. The van der Waals surface area contributed by atoms with Crippen molar-refractivity contribution < 1.29 is 9.53 Å². The molecule has 3 aromatic rings. The van der Waals surface area contributed by atoms with Gasteiger partial charge in [0.25, 0.3) is 0 Å². The lowest BCUT2D eigenvalue weighted by atomic mass is 10.1. The Kier molecular flexibility index (Phi) is 5.31. The molecule has 0 atom stereocenters. The van der Waals surface area contributed by atoms with Crippen LogP contribution in [0.25, 0.3) is 10.9 Å². The average molecular weight is 343 g/mol. The standard InChI is InChI=1S/C21H17N3O2/c1-2-26-21(25)17-10-12-20-18(15-17)19(23-24(20)14-6-13-22)11-9-16-7-4-3-5-8-16/h3-5,7-8,10,12,15H,2,6,14H2,1H3. The van der Waals surface area contributed by atoms with Crippen molar-refractivity contribution in [2.24, 2.45) is 0 Å². The molecule has 26 heavy (non-hydrogen) atoms. The molecule has 0 radical (unpaired) electrons. The summed E-state index contributed by atoms with van der Waals surface area (Å²) in [6.45, 7) is 2.56. The van der Waals surface area contributed by atoms with Crippen LogP contribution >= 0.6 is 0 Å². The minimum Gasteiger partial charge on any atom is -0.462 e. The quantitative estimate of drug-likeness (QED) is 0.537. The lowest BCUT2D eigenvalue weighted by Gasteiger charge is -2.03. The van der Waals surface area contributed by atoms with Crippen LogP contribution in [0.5, 0.6) is 0 Å². The SMILES string of the molecule is CCOC(=O)c1ccc2c(c1)c(C#Cc1ccccc1)nn2CCC#N. The maximum atomic E-state index is 12.0. The highest BCUT2D eigenvalue weighted by Gasteiger charge is 2.13. The number of esters is 1. The molecule has 5 heteroatoms. The lowest BCUT2D eigenvalue weighted by Crippen LogP contribution is -2.04. The van der Waals surface area contributed by atoms with Crippen molar-refractivity contribution in [2.45, 2.75) is 19.9 Å². The van der Waals surface area contributed by atoms with E-state index in [2.05, 4.69) is 23.0 Å². The van der Waals surface area contributed by atoms with Crippen LogP contribution in [0.3, 0.4) is 0 Å². The highest BCUT2D eigenvalue weighted by atomic mass is 16.5. The summed E-state index contributed by atoms with van der Waals surface area (Å²) in [5.41, 5.74) is 2.76. The van der Waals surface area contributed by atoms with Crippen LogP contribution < -0.4 is 0 Å². The van der Waals surface area contributed by atoms with E-state index in [-0.39, 0.29) is 5.97 Å². The first kappa shape index (κ1) is 17.3. The molecule has 0 spiro atoms. The maximum Gasteiger partial charge on any atom is 0.338 e. The van der Waals surface area contributed by atoms with Crippen LogP contribution in [0.1, 0.15) is 35.0 Å². The fraction of sp³-hybridized carbons (Fsp3) is 0.190. The highest BCUT2D eigenvalue weighted by molar-refractivity contribution is 5.96. The van der Waals surface area contributed by atoms with Gasteiger partial charge in [0.05, 0.1) is 36.7 Å². The minimum absolute atomic E-state index is 0.318. The summed E-state index contributed by atoms with van der Waals surface area (Å²) in [7, 11) is 0. The molecule has 0 N–H and O–H groups in total. The van der Waals surface area contributed by atoms with Gasteiger partial charge < -0.3 is 4.74 Å². The number of aryl methyl sites for hydroxylation is 1. The molecule has 2 aromatic carbocycles. The molecule has 0 fully saturated rings. The number of carbonyl (C=O) groups excluding carboxylic acids is 1. The number of nitriles is 1. The van der Waals surface area contributed by atoms with Crippen molar-refractivity contribution in [3.63, 3.8) is 0 Å². The summed E-state index contributed by atoms with van der Waals surface area (Å²) >= 11 is 0. The third-order valence-corrected chi connectivity index (χ3v) is 3.80. The van der Waals surface area contributed by atoms with E-state index in [9.17, 15) is 4.79 Å². The predicted octanol–water partition coefficient (Wildman–Crippen LogP) is 3.53. The van der Waals surface area contributed by atoms with Crippen LogP contribution in [0.15, 0.2) is 48.5 Å². The molecule has 0 aliphatic rings. The van der Waals surface area contributed by atoms with E-state index in [1.54, 1.807) is 23.7 Å². The number of nitrogens with zero attached hydrogens (tertiary/aromatic N) is 3. The topological polar surface area (TPSA) is 67.9 Å². The number of ether oxygens (including phenoxy) is 1. The van der Waals surface area contributed by atoms with Gasteiger partial charge in [0.2, 0.25) is 0 Å². The lowest BCUT2D eigenvalue weighted by molar-refractivity contribution is 0.0526. The van der Waals surface area contributed by atoms with E-state index in [4.69, 9.17) is 10.00 Å². The molecule has 5 nitrogen and oxygen atoms in total. The molecular formula is C21H17N3O2. The Bertz CT molecular complexity index is 1030. The Balaban J connectivity index is 2.07.